The van der Waals surface area contributed by atoms with E-state index in [1.54, 1.807) is 0 Å². The van der Waals surface area contributed by atoms with Crippen LogP contribution in [-0.4, -0.2) is 25.7 Å². The molecule has 1 aromatic rings. The minimum atomic E-state index is -3.64. The van der Waals surface area contributed by atoms with Crippen molar-refractivity contribution < 1.29 is 17.9 Å². The zero-order valence-corrected chi connectivity index (χ0v) is 11.3. The molecule has 1 aromatic carbocycles. The van der Waals surface area contributed by atoms with Gasteiger partial charge >= 0.3 is 0 Å². The first-order chi connectivity index (χ1) is 8.82. The van der Waals surface area contributed by atoms with Gasteiger partial charge in [0.05, 0.1) is 5.69 Å². The standard InChI is InChI=1S/C12H12N2O4S/c1-12(2)11(15)14(19(12,16)17)9-3-5-10(6-4-9)18-8-7-13/h3-6H,8H2,1-2H3. The Kier molecular flexibility index (Phi) is 2.98. The number of hydrogen-bond donors (Lipinski definition) is 0. The molecule has 1 saturated heterocycles. The van der Waals surface area contributed by atoms with Gasteiger partial charge in [-0.05, 0) is 38.1 Å². The first kappa shape index (κ1) is 13.4. The van der Waals surface area contributed by atoms with Crippen LogP contribution in [0.1, 0.15) is 13.8 Å². The maximum Gasteiger partial charge on any atom is 0.263 e. The topological polar surface area (TPSA) is 87.5 Å². The molecule has 0 radical (unpaired) electrons. The highest BCUT2D eigenvalue weighted by atomic mass is 32.2. The van der Waals surface area contributed by atoms with Gasteiger partial charge < -0.3 is 4.74 Å². The number of ether oxygens (including phenoxy) is 1. The smallest absolute Gasteiger partial charge is 0.263 e. The van der Waals surface area contributed by atoms with Crippen LogP contribution in [-0.2, 0) is 14.8 Å². The number of anilines is 1. The van der Waals surface area contributed by atoms with E-state index in [1.165, 1.54) is 38.1 Å². The Balaban J connectivity index is 2.26. The average molecular weight is 280 g/mol. The maximum absolute atomic E-state index is 12.0. The van der Waals surface area contributed by atoms with E-state index < -0.39 is 20.7 Å². The molecule has 0 spiro atoms. The fourth-order valence-electron chi connectivity index (χ4n) is 1.70. The molecule has 19 heavy (non-hydrogen) atoms. The Labute approximate surface area is 111 Å². The molecule has 1 heterocycles. The van der Waals surface area contributed by atoms with Crippen molar-refractivity contribution in [3.8, 4) is 11.8 Å². The van der Waals surface area contributed by atoms with Crippen LogP contribution in [0.3, 0.4) is 0 Å². The predicted molar refractivity (Wildman–Crippen MR) is 68.0 cm³/mol. The minimum absolute atomic E-state index is 0.0900. The van der Waals surface area contributed by atoms with Gasteiger partial charge in [0.25, 0.3) is 15.9 Å². The summed E-state index contributed by atoms with van der Waals surface area (Å²) in [5.41, 5.74) is 0.272. The average Bonchev–Trinajstić information content (AvgIpc) is 2.37. The van der Waals surface area contributed by atoms with Crippen LogP contribution >= 0.6 is 0 Å². The summed E-state index contributed by atoms with van der Waals surface area (Å²) in [6, 6.07) is 7.79. The lowest BCUT2D eigenvalue weighted by Gasteiger charge is -2.42. The molecule has 6 nitrogen and oxygen atoms in total. The zero-order chi connectivity index (χ0) is 14.3. The number of hydrogen-bond acceptors (Lipinski definition) is 5. The number of carbonyl (C=O) groups excluding carboxylic acids is 1. The number of nitriles is 1. The molecule has 1 fully saturated rings. The van der Waals surface area contributed by atoms with Gasteiger partial charge in [-0.2, -0.15) is 5.26 Å². The molecule has 0 saturated carbocycles. The normalized spacial score (nSPS) is 19.4. The van der Waals surface area contributed by atoms with Crippen molar-refractivity contribution >= 4 is 21.6 Å². The molecule has 0 bridgehead atoms. The number of carbonyl (C=O) groups is 1. The molecule has 0 aromatic heterocycles. The van der Waals surface area contributed by atoms with E-state index in [-0.39, 0.29) is 12.3 Å². The van der Waals surface area contributed by atoms with E-state index in [9.17, 15) is 13.2 Å². The van der Waals surface area contributed by atoms with Crippen molar-refractivity contribution in [1.82, 2.24) is 0 Å². The third-order valence-electron chi connectivity index (χ3n) is 2.96. The Bertz CT molecular complexity index is 656. The van der Waals surface area contributed by atoms with Crippen molar-refractivity contribution in [3.05, 3.63) is 24.3 Å². The number of amides is 1. The Morgan fingerprint density at radius 2 is 1.89 bits per heavy atom. The Hall–Kier alpha value is -2.07. The SMILES string of the molecule is CC1(C)C(=O)N(c2ccc(OCC#N)cc2)S1(=O)=O. The molecule has 1 aliphatic heterocycles. The summed E-state index contributed by atoms with van der Waals surface area (Å²) in [5.74, 6) is -0.0203. The maximum atomic E-state index is 12.0. The van der Waals surface area contributed by atoms with Crippen molar-refractivity contribution in [2.45, 2.75) is 18.6 Å². The summed E-state index contributed by atoms with van der Waals surface area (Å²) >= 11 is 0. The second kappa shape index (κ2) is 4.24. The van der Waals surface area contributed by atoms with Gasteiger partial charge in [0, 0.05) is 0 Å². The number of sulfonamides is 1. The molecule has 0 unspecified atom stereocenters. The molecule has 0 atom stereocenters. The van der Waals surface area contributed by atoms with Gasteiger partial charge in [-0.3, -0.25) is 4.79 Å². The fourth-order valence-corrected chi connectivity index (χ4v) is 3.18. The lowest BCUT2D eigenvalue weighted by Crippen LogP contribution is -2.67. The van der Waals surface area contributed by atoms with Gasteiger partial charge in [-0.1, -0.05) is 0 Å². The first-order valence-corrected chi connectivity index (χ1v) is 6.95. The molecule has 7 heteroatoms. The van der Waals surface area contributed by atoms with Crippen LogP contribution in [0.2, 0.25) is 0 Å². The van der Waals surface area contributed by atoms with Crippen molar-refractivity contribution in [3.63, 3.8) is 0 Å². The van der Waals surface area contributed by atoms with Crippen LogP contribution in [0, 0.1) is 11.3 Å². The van der Waals surface area contributed by atoms with E-state index in [4.69, 9.17) is 10.00 Å². The van der Waals surface area contributed by atoms with Gasteiger partial charge in [0.15, 0.2) is 11.4 Å². The van der Waals surface area contributed by atoms with Crippen molar-refractivity contribution in [1.29, 1.82) is 5.26 Å². The van der Waals surface area contributed by atoms with E-state index >= 15 is 0 Å². The predicted octanol–water partition coefficient (Wildman–Crippen LogP) is 1.04. The van der Waals surface area contributed by atoms with E-state index in [0.29, 0.717) is 5.75 Å². The lowest BCUT2D eigenvalue weighted by atomic mass is 10.1. The monoisotopic (exact) mass is 280 g/mol. The Morgan fingerprint density at radius 3 is 2.37 bits per heavy atom. The number of nitrogens with zero attached hydrogens (tertiary/aromatic N) is 2. The fraction of sp³-hybridized carbons (Fsp3) is 0.333. The van der Waals surface area contributed by atoms with Gasteiger partial charge in [-0.25, -0.2) is 12.7 Å². The van der Waals surface area contributed by atoms with Crippen LogP contribution in [0.4, 0.5) is 5.69 Å². The van der Waals surface area contributed by atoms with E-state index in [0.717, 1.165) is 4.31 Å². The quantitative estimate of drug-likeness (QED) is 0.825. The molecule has 2 rings (SSSR count). The molecule has 1 aliphatic rings. The highest BCUT2D eigenvalue weighted by molar-refractivity contribution is 7.98. The van der Waals surface area contributed by atoms with Crippen LogP contribution in [0.25, 0.3) is 0 Å². The summed E-state index contributed by atoms with van der Waals surface area (Å²) in [6.07, 6.45) is 0. The van der Waals surface area contributed by atoms with Gasteiger partial charge in [-0.15, -0.1) is 0 Å². The van der Waals surface area contributed by atoms with Crippen LogP contribution in [0.15, 0.2) is 24.3 Å². The lowest BCUT2D eigenvalue weighted by molar-refractivity contribution is -0.120. The second-order valence-corrected chi connectivity index (χ2v) is 6.86. The molecule has 1 amide bonds. The highest BCUT2D eigenvalue weighted by Crippen LogP contribution is 2.39. The minimum Gasteiger partial charge on any atom is -0.479 e. The molecular weight excluding hydrogens is 268 g/mol. The van der Waals surface area contributed by atoms with Crippen LogP contribution < -0.4 is 9.04 Å². The van der Waals surface area contributed by atoms with E-state index in [1.807, 2.05) is 6.07 Å². The summed E-state index contributed by atoms with van der Waals surface area (Å²) in [7, 11) is -3.64. The van der Waals surface area contributed by atoms with E-state index in [2.05, 4.69) is 0 Å². The molecule has 100 valence electrons. The highest BCUT2D eigenvalue weighted by Gasteiger charge is 2.60. The second-order valence-electron chi connectivity index (χ2n) is 4.53. The Morgan fingerprint density at radius 1 is 1.32 bits per heavy atom. The zero-order valence-electron chi connectivity index (χ0n) is 10.5. The van der Waals surface area contributed by atoms with Crippen molar-refractivity contribution in [2.24, 2.45) is 0 Å². The summed E-state index contributed by atoms with van der Waals surface area (Å²) < 4.78 is 28.4. The molecule has 0 aliphatic carbocycles. The number of rotatable bonds is 3. The van der Waals surface area contributed by atoms with Crippen LogP contribution in [0.5, 0.6) is 5.75 Å². The first-order valence-electron chi connectivity index (χ1n) is 5.51. The van der Waals surface area contributed by atoms with Crippen molar-refractivity contribution in [2.75, 3.05) is 10.9 Å². The molecule has 0 N–H and O–H groups in total. The molecular formula is C12H12N2O4S. The number of benzene rings is 1. The third kappa shape index (κ3) is 1.85. The summed E-state index contributed by atoms with van der Waals surface area (Å²) in [4.78, 5) is 11.8. The summed E-state index contributed by atoms with van der Waals surface area (Å²) in [6.45, 7) is 2.67. The van der Waals surface area contributed by atoms with Gasteiger partial charge in [0.2, 0.25) is 0 Å². The third-order valence-corrected chi connectivity index (χ3v) is 5.28. The largest absolute Gasteiger partial charge is 0.479 e. The summed E-state index contributed by atoms with van der Waals surface area (Å²) in [5, 5.41) is 8.37. The van der Waals surface area contributed by atoms with Gasteiger partial charge in [0.1, 0.15) is 11.8 Å².